The molecule has 0 radical (unpaired) electrons. The second-order valence-electron chi connectivity index (χ2n) is 5.19. The van der Waals surface area contributed by atoms with Crippen molar-refractivity contribution >= 4 is 5.91 Å². The Balaban J connectivity index is 1.89. The fourth-order valence-electron chi connectivity index (χ4n) is 2.60. The van der Waals surface area contributed by atoms with Crippen molar-refractivity contribution < 1.29 is 9.53 Å². The van der Waals surface area contributed by atoms with Gasteiger partial charge >= 0.3 is 0 Å². The first kappa shape index (κ1) is 14.9. The highest BCUT2D eigenvalue weighted by atomic mass is 16.5. The number of ether oxygens (including phenoxy) is 1. The molecule has 1 aromatic rings. The van der Waals surface area contributed by atoms with Crippen molar-refractivity contribution in [2.45, 2.75) is 32.2 Å². The van der Waals surface area contributed by atoms with E-state index in [1.54, 1.807) is 0 Å². The van der Waals surface area contributed by atoms with Crippen LogP contribution in [0.15, 0.2) is 24.3 Å². The van der Waals surface area contributed by atoms with E-state index in [4.69, 9.17) is 4.74 Å². The number of hydrogen-bond acceptors (Lipinski definition) is 3. The maximum Gasteiger partial charge on any atom is 0.222 e. The molecule has 1 atom stereocenters. The van der Waals surface area contributed by atoms with E-state index in [-0.39, 0.29) is 5.91 Å². The fraction of sp³-hybridized carbons (Fsp3) is 0.562. The number of aryl methyl sites for hydroxylation is 1. The van der Waals surface area contributed by atoms with Crippen LogP contribution in [0.1, 0.15) is 25.3 Å². The van der Waals surface area contributed by atoms with Gasteiger partial charge in [0.1, 0.15) is 5.75 Å². The van der Waals surface area contributed by atoms with Gasteiger partial charge in [-0.1, -0.05) is 18.2 Å². The molecule has 2 rings (SSSR count). The minimum atomic E-state index is 0.213. The molecule has 1 aliphatic heterocycles. The lowest BCUT2D eigenvalue weighted by Crippen LogP contribution is -2.38. The Morgan fingerprint density at radius 2 is 2.25 bits per heavy atom. The van der Waals surface area contributed by atoms with Crippen molar-refractivity contribution in [1.29, 1.82) is 0 Å². The highest BCUT2D eigenvalue weighted by molar-refractivity contribution is 5.76. The minimum Gasteiger partial charge on any atom is -0.494 e. The van der Waals surface area contributed by atoms with Gasteiger partial charge in [-0.05, 0) is 37.9 Å². The molecule has 1 heterocycles. The number of carbonyl (C=O) groups excluding carboxylic acids is 1. The second kappa shape index (κ2) is 7.29. The molecule has 110 valence electrons. The van der Waals surface area contributed by atoms with Crippen molar-refractivity contribution in [2.75, 3.05) is 26.7 Å². The number of nitrogens with one attached hydrogen (secondary N) is 1. The summed E-state index contributed by atoms with van der Waals surface area (Å²) in [5.41, 5.74) is 1.11. The van der Waals surface area contributed by atoms with Crippen LogP contribution in [0.3, 0.4) is 0 Å². The average Bonchev–Trinajstić information content (AvgIpc) is 2.99. The summed E-state index contributed by atoms with van der Waals surface area (Å²) < 4.78 is 5.59. The van der Waals surface area contributed by atoms with Gasteiger partial charge in [0.05, 0.1) is 6.61 Å². The number of carbonyl (C=O) groups is 1. The van der Waals surface area contributed by atoms with Gasteiger partial charge in [0, 0.05) is 26.1 Å². The SMILES string of the molecule is CCOc1ccccc1CCC(=O)N(C)C1CCNC1. The van der Waals surface area contributed by atoms with E-state index in [0.29, 0.717) is 19.1 Å². The lowest BCUT2D eigenvalue weighted by molar-refractivity contribution is -0.131. The Kier molecular flexibility index (Phi) is 5.41. The van der Waals surface area contributed by atoms with Crippen molar-refractivity contribution in [3.63, 3.8) is 0 Å². The zero-order valence-corrected chi connectivity index (χ0v) is 12.4. The summed E-state index contributed by atoms with van der Waals surface area (Å²) in [6.45, 7) is 4.55. The third-order valence-corrected chi connectivity index (χ3v) is 3.86. The van der Waals surface area contributed by atoms with Crippen LogP contribution < -0.4 is 10.1 Å². The van der Waals surface area contributed by atoms with E-state index in [2.05, 4.69) is 5.32 Å². The number of likely N-dealkylation sites (N-methyl/N-ethyl adjacent to an activating group) is 1. The smallest absolute Gasteiger partial charge is 0.222 e. The minimum absolute atomic E-state index is 0.213. The van der Waals surface area contributed by atoms with Crippen LogP contribution >= 0.6 is 0 Å². The van der Waals surface area contributed by atoms with Crippen molar-refractivity contribution in [3.05, 3.63) is 29.8 Å². The standard InChI is InChI=1S/C16H24N2O2/c1-3-20-15-7-5-4-6-13(15)8-9-16(19)18(2)14-10-11-17-12-14/h4-7,14,17H,3,8-12H2,1-2H3. The van der Waals surface area contributed by atoms with Gasteiger partial charge in [0.25, 0.3) is 0 Å². The lowest BCUT2D eigenvalue weighted by atomic mass is 10.1. The highest BCUT2D eigenvalue weighted by Gasteiger charge is 2.22. The fourth-order valence-corrected chi connectivity index (χ4v) is 2.60. The van der Waals surface area contributed by atoms with Crippen LogP contribution in [0.4, 0.5) is 0 Å². The summed E-state index contributed by atoms with van der Waals surface area (Å²) in [7, 11) is 1.91. The summed E-state index contributed by atoms with van der Waals surface area (Å²) in [5.74, 6) is 1.11. The molecule has 1 amide bonds. The first-order valence-corrected chi connectivity index (χ1v) is 7.39. The van der Waals surface area contributed by atoms with Gasteiger partial charge < -0.3 is 15.0 Å². The molecule has 20 heavy (non-hydrogen) atoms. The van der Waals surface area contributed by atoms with Gasteiger partial charge in [-0.3, -0.25) is 4.79 Å². The predicted octanol–water partition coefficient (Wildman–Crippen LogP) is 1.84. The summed E-state index contributed by atoms with van der Waals surface area (Å²) in [4.78, 5) is 14.1. The van der Waals surface area contributed by atoms with E-state index in [1.807, 2.05) is 43.1 Å². The Labute approximate surface area is 121 Å². The van der Waals surface area contributed by atoms with Crippen LogP contribution in [0.2, 0.25) is 0 Å². The number of nitrogens with zero attached hydrogens (tertiary/aromatic N) is 1. The number of hydrogen-bond donors (Lipinski definition) is 1. The zero-order chi connectivity index (χ0) is 14.4. The Bertz CT molecular complexity index is 442. The molecular formula is C16H24N2O2. The summed E-state index contributed by atoms with van der Waals surface area (Å²) in [6, 6.07) is 8.31. The van der Waals surface area contributed by atoms with E-state index in [9.17, 15) is 4.79 Å². The average molecular weight is 276 g/mol. The Hall–Kier alpha value is -1.55. The maximum absolute atomic E-state index is 12.2. The van der Waals surface area contributed by atoms with Crippen LogP contribution in [0.25, 0.3) is 0 Å². The molecule has 0 saturated carbocycles. The van der Waals surface area contributed by atoms with Gasteiger partial charge in [-0.2, -0.15) is 0 Å². The van der Waals surface area contributed by atoms with E-state index in [1.165, 1.54) is 0 Å². The van der Waals surface area contributed by atoms with Gasteiger partial charge in [-0.15, -0.1) is 0 Å². The van der Waals surface area contributed by atoms with Crippen molar-refractivity contribution in [1.82, 2.24) is 10.2 Å². The van der Waals surface area contributed by atoms with Gasteiger partial charge in [-0.25, -0.2) is 0 Å². The monoisotopic (exact) mass is 276 g/mol. The van der Waals surface area contributed by atoms with E-state index >= 15 is 0 Å². The van der Waals surface area contributed by atoms with Crippen LogP contribution in [0, 0.1) is 0 Å². The normalized spacial score (nSPS) is 18.0. The molecule has 1 unspecified atom stereocenters. The summed E-state index contributed by atoms with van der Waals surface area (Å²) in [5, 5.41) is 3.29. The molecule has 1 aromatic carbocycles. The third-order valence-electron chi connectivity index (χ3n) is 3.86. The van der Waals surface area contributed by atoms with Crippen molar-refractivity contribution in [2.24, 2.45) is 0 Å². The molecule has 0 aliphatic carbocycles. The number of amides is 1. The molecule has 1 N–H and O–H groups in total. The zero-order valence-electron chi connectivity index (χ0n) is 12.4. The molecule has 4 nitrogen and oxygen atoms in total. The van der Waals surface area contributed by atoms with Crippen LogP contribution in [0.5, 0.6) is 5.75 Å². The van der Waals surface area contributed by atoms with E-state index in [0.717, 1.165) is 37.2 Å². The molecule has 0 spiro atoms. The topological polar surface area (TPSA) is 41.6 Å². The lowest BCUT2D eigenvalue weighted by Gasteiger charge is -2.24. The molecule has 0 bridgehead atoms. The molecule has 1 aliphatic rings. The Morgan fingerprint density at radius 3 is 2.95 bits per heavy atom. The first-order chi connectivity index (χ1) is 9.72. The predicted molar refractivity (Wildman–Crippen MR) is 80.0 cm³/mol. The van der Waals surface area contributed by atoms with Crippen LogP contribution in [-0.2, 0) is 11.2 Å². The quantitative estimate of drug-likeness (QED) is 0.862. The second-order valence-corrected chi connectivity index (χ2v) is 5.19. The summed E-state index contributed by atoms with van der Waals surface area (Å²) >= 11 is 0. The molecule has 1 saturated heterocycles. The summed E-state index contributed by atoms with van der Waals surface area (Å²) in [6.07, 6.45) is 2.33. The van der Waals surface area contributed by atoms with Crippen molar-refractivity contribution in [3.8, 4) is 5.75 Å². The number of para-hydroxylation sites is 1. The molecule has 4 heteroatoms. The van der Waals surface area contributed by atoms with Gasteiger partial charge in [0.2, 0.25) is 5.91 Å². The van der Waals surface area contributed by atoms with E-state index < -0.39 is 0 Å². The molecule has 0 aromatic heterocycles. The number of rotatable bonds is 6. The maximum atomic E-state index is 12.2. The molecular weight excluding hydrogens is 252 g/mol. The first-order valence-electron chi connectivity index (χ1n) is 7.39. The largest absolute Gasteiger partial charge is 0.494 e. The van der Waals surface area contributed by atoms with Crippen LogP contribution in [-0.4, -0.2) is 43.6 Å². The Morgan fingerprint density at radius 1 is 1.45 bits per heavy atom. The number of benzene rings is 1. The highest BCUT2D eigenvalue weighted by Crippen LogP contribution is 2.20. The third kappa shape index (κ3) is 3.73. The molecule has 1 fully saturated rings. The van der Waals surface area contributed by atoms with Gasteiger partial charge in [0.15, 0.2) is 0 Å².